The number of carbonyl (C=O) groups excluding carboxylic acids is 6. The fourth-order valence-electron chi connectivity index (χ4n) is 6.69. The molecule has 0 aliphatic carbocycles. The van der Waals surface area contributed by atoms with E-state index in [-0.39, 0.29) is 56.9 Å². The molecule has 14 heteroatoms. The van der Waals surface area contributed by atoms with Gasteiger partial charge in [0.05, 0.1) is 6.10 Å². The number of furan rings is 1. The number of hydrogen-bond donors (Lipinski definition) is 6. The van der Waals surface area contributed by atoms with E-state index in [2.05, 4.69) is 26.6 Å². The Balaban J connectivity index is 1.45. The highest BCUT2D eigenvalue weighted by Gasteiger charge is 2.41. The number of carbonyl (C=O) groups is 6. The van der Waals surface area contributed by atoms with Crippen LogP contribution in [0.4, 0.5) is 0 Å². The predicted molar refractivity (Wildman–Crippen MR) is 192 cm³/mol. The number of hydrogen-bond acceptors (Lipinski definition) is 8. The maximum atomic E-state index is 14.0. The first-order chi connectivity index (χ1) is 24.8. The monoisotopic (exact) mass is 716 g/mol. The summed E-state index contributed by atoms with van der Waals surface area (Å²) in [6, 6.07) is 10.8. The molecule has 5 rings (SSSR count). The predicted octanol–water partition coefficient (Wildman–Crippen LogP) is 1.47. The second-order valence-corrected chi connectivity index (χ2v) is 14.1. The standard InChI is InChI=1S/C38H48N6O8/c1-21(2)16-28-34(47)40-23(4)38(51)44-20-26(45)19-30(44)36(49)39-15-9-14-27(41-37(50)31-18-25-13-8-10-22(3)32(25)52-31)33(46)43-29(35(48)42-28)17-24-11-6-5-7-12-24/h5-8,10-13,18,21,23,26-30,45H,9,14-17,19-20H2,1-4H3,(H,39,49)(H,40,47)(H,41,50)(H,42,48)(H,43,46)/t23-,26+,27-,28-,29+,30-/m0/s1. The summed E-state index contributed by atoms with van der Waals surface area (Å²) in [5.74, 6) is -3.57. The summed E-state index contributed by atoms with van der Waals surface area (Å²) in [4.78, 5) is 83.2. The van der Waals surface area contributed by atoms with E-state index in [1.54, 1.807) is 18.2 Å². The van der Waals surface area contributed by atoms with Crippen molar-refractivity contribution in [3.63, 3.8) is 0 Å². The number of para-hydroxylation sites is 1. The normalized spacial score (nSPS) is 25.4. The van der Waals surface area contributed by atoms with Crippen LogP contribution in [0.5, 0.6) is 0 Å². The molecular formula is C38H48N6O8. The second kappa shape index (κ2) is 16.9. The third kappa shape index (κ3) is 9.35. The van der Waals surface area contributed by atoms with Crippen LogP contribution in [0.25, 0.3) is 11.0 Å². The van der Waals surface area contributed by atoms with Gasteiger partial charge in [0.1, 0.15) is 35.8 Å². The minimum Gasteiger partial charge on any atom is -0.451 e. The Bertz CT molecular complexity index is 1790. The fraction of sp³-hybridized carbons (Fsp3) is 0.474. The first-order valence-electron chi connectivity index (χ1n) is 17.8. The number of nitrogens with zero attached hydrogens (tertiary/aromatic N) is 1. The Morgan fingerprint density at radius 3 is 2.37 bits per heavy atom. The lowest BCUT2D eigenvalue weighted by Gasteiger charge is -2.29. The topological polar surface area (TPSA) is 199 Å². The van der Waals surface area contributed by atoms with Gasteiger partial charge in [-0.3, -0.25) is 28.8 Å². The van der Waals surface area contributed by atoms with Crippen LogP contribution in [-0.2, 0) is 30.4 Å². The molecule has 2 aliphatic rings. The van der Waals surface area contributed by atoms with E-state index < -0.39 is 71.8 Å². The summed E-state index contributed by atoms with van der Waals surface area (Å²) < 4.78 is 5.85. The summed E-state index contributed by atoms with van der Waals surface area (Å²) in [6.07, 6.45) is -0.287. The van der Waals surface area contributed by atoms with Gasteiger partial charge >= 0.3 is 0 Å². The zero-order valence-electron chi connectivity index (χ0n) is 29.9. The highest BCUT2D eigenvalue weighted by molar-refractivity contribution is 6.00. The third-order valence-corrected chi connectivity index (χ3v) is 9.41. The number of amides is 6. The van der Waals surface area contributed by atoms with Crippen LogP contribution in [0, 0.1) is 12.8 Å². The van der Waals surface area contributed by atoms with Crippen LogP contribution < -0.4 is 26.6 Å². The van der Waals surface area contributed by atoms with Crippen molar-refractivity contribution >= 4 is 46.4 Å². The maximum absolute atomic E-state index is 14.0. The molecule has 3 heterocycles. The summed E-state index contributed by atoms with van der Waals surface area (Å²) in [5, 5.41) is 24.9. The van der Waals surface area contributed by atoms with Crippen molar-refractivity contribution in [3.8, 4) is 0 Å². The Hall–Kier alpha value is -5.24. The average molecular weight is 717 g/mol. The molecule has 2 aliphatic heterocycles. The van der Waals surface area contributed by atoms with Crippen LogP contribution in [0.2, 0.25) is 0 Å². The molecule has 0 unspecified atom stereocenters. The molecule has 6 atom stereocenters. The SMILES string of the molecule is Cc1cccc2cc(C(=O)N[C@H]3CCCNC(=O)[C@@H]4C[C@@H](O)CN4C(=O)[C@H](C)NC(=O)[C@H](CC(C)C)NC(=O)[C@@H](Cc4ccccc4)NC3=O)oc12. The zero-order chi connectivity index (χ0) is 37.5. The third-order valence-electron chi connectivity index (χ3n) is 9.41. The van der Waals surface area contributed by atoms with E-state index in [9.17, 15) is 33.9 Å². The van der Waals surface area contributed by atoms with E-state index in [4.69, 9.17) is 4.42 Å². The molecule has 0 spiro atoms. The Morgan fingerprint density at radius 2 is 1.65 bits per heavy atom. The lowest BCUT2D eigenvalue weighted by molar-refractivity contribution is -0.141. The number of aryl methyl sites for hydroxylation is 1. The van der Waals surface area contributed by atoms with Crippen molar-refractivity contribution < 1.29 is 38.3 Å². The zero-order valence-corrected chi connectivity index (χ0v) is 29.9. The van der Waals surface area contributed by atoms with Gasteiger partial charge in [-0.25, -0.2) is 0 Å². The van der Waals surface area contributed by atoms with Crippen molar-refractivity contribution in [2.75, 3.05) is 13.1 Å². The summed E-state index contributed by atoms with van der Waals surface area (Å²) in [7, 11) is 0. The van der Waals surface area contributed by atoms with Crippen molar-refractivity contribution in [2.45, 2.75) is 96.1 Å². The molecule has 2 fully saturated rings. The molecular weight excluding hydrogens is 668 g/mol. The molecule has 2 saturated heterocycles. The van der Waals surface area contributed by atoms with Crippen LogP contribution in [0.3, 0.4) is 0 Å². The highest BCUT2D eigenvalue weighted by atomic mass is 16.3. The van der Waals surface area contributed by atoms with Gasteiger partial charge in [-0.2, -0.15) is 0 Å². The van der Waals surface area contributed by atoms with Crippen LogP contribution in [-0.4, -0.2) is 94.9 Å². The second-order valence-electron chi connectivity index (χ2n) is 14.1. The van der Waals surface area contributed by atoms with Gasteiger partial charge in [-0.05, 0) is 56.2 Å². The Kier molecular flexibility index (Phi) is 12.3. The van der Waals surface area contributed by atoms with E-state index in [1.807, 2.05) is 57.2 Å². The molecule has 6 N–H and O–H groups in total. The molecule has 52 heavy (non-hydrogen) atoms. The van der Waals surface area contributed by atoms with Crippen molar-refractivity contribution in [3.05, 3.63) is 71.5 Å². The number of aliphatic hydroxyl groups excluding tert-OH is 1. The maximum Gasteiger partial charge on any atom is 0.287 e. The Morgan fingerprint density at radius 1 is 0.942 bits per heavy atom. The van der Waals surface area contributed by atoms with Crippen LogP contribution >= 0.6 is 0 Å². The van der Waals surface area contributed by atoms with E-state index in [0.29, 0.717) is 5.58 Å². The van der Waals surface area contributed by atoms with E-state index >= 15 is 0 Å². The average Bonchev–Trinajstić information content (AvgIpc) is 3.73. The number of fused-ring (bicyclic) bond motifs is 2. The molecule has 0 radical (unpaired) electrons. The van der Waals surface area contributed by atoms with E-state index in [0.717, 1.165) is 16.5 Å². The smallest absolute Gasteiger partial charge is 0.287 e. The van der Waals surface area contributed by atoms with Gasteiger partial charge < -0.3 is 41.0 Å². The number of nitrogens with one attached hydrogen (secondary N) is 5. The summed E-state index contributed by atoms with van der Waals surface area (Å²) in [5.41, 5.74) is 2.13. The highest BCUT2D eigenvalue weighted by Crippen LogP contribution is 2.23. The van der Waals surface area contributed by atoms with Crippen LogP contribution in [0.1, 0.15) is 68.1 Å². The molecule has 14 nitrogen and oxygen atoms in total. The van der Waals surface area contributed by atoms with Gasteiger partial charge in [0, 0.05) is 31.3 Å². The van der Waals surface area contributed by atoms with Crippen molar-refractivity contribution in [2.24, 2.45) is 5.92 Å². The lowest BCUT2D eigenvalue weighted by Crippen LogP contribution is -2.59. The molecule has 2 aromatic carbocycles. The largest absolute Gasteiger partial charge is 0.451 e. The number of rotatable bonds is 6. The first kappa shape index (κ1) is 38.0. The molecule has 0 saturated carbocycles. The quantitative estimate of drug-likeness (QED) is 0.220. The van der Waals surface area contributed by atoms with Crippen LogP contribution in [0.15, 0.2) is 59.0 Å². The van der Waals surface area contributed by atoms with Gasteiger partial charge in [0.2, 0.25) is 29.5 Å². The van der Waals surface area contributed by atoms with Gasteiger partial charge in [0.25, 0.3) is 5.91 Å². The number of aliphatic hydroxyl groups is 1. The minimum atomic E-state index is -1.15. The first-order valence-corrected chi connectivity index (χ1v) is 17.8. The van der Waals surface area contributed by atoms with E-state index in [1.165, 1.54) is 11.8 Å². The van der Waals surface area contributed by atoms with Crippen molar-refractivity contribution in [1.82, 2.24) is 31.5 Å². The summed E-state index contributed by atoms with van der Waals surface area (Å²) >= 11 is 0. The fourth-order valence-corrected chi connectivity index (χ4v) is 6.69. The molecule has 3 aromatic rings. The van der Waals surface area contributed by atoms with Gasteiger partial charge in [-0.15, -0.1) is 0 Å². The summed E-state index contributed by atoms with van der Waals surface area (Å²) in [6.45, 7) is 7.12. The van der Waals surface area contributed by atoms with Gasteiger partial charge in [-0.1, -0.05) is 62.4 Å². The minimum absolute atomic E-state index is 0.00440. The lowest BCUT2D eigenvalue weighted by atomic mass is 10.00. The van der Waals surface area contributed by atoms with Crippen molar-refractivity contribution in [1.29, 1.82) is 0 Å². The molecule has 6 amide bonds. The molecule has 278 valence electrons. The molecule has 0 bridgehead atoms. The molecule has 1 aromatic heterocycles. The Labute approximate surface area is 302 Å². The number of benzene rings is 2. The van der Waals surface area contributed by atoms with Gasteiger partial charge in [0.15, 0.2) is 5.76 Å².